The van der Waals surface area contributed by atoms with Crippen LogP contribution in [0.25, 0.3) is 0 Å². The lowest BCUT2D eigenvalue weighted by molar-refractivity contribution is -0.131. The SMILES string of the molecule is C[C@]12C[C@H](O)[C@H]3[C@@H](CC=C4C=C(O)CC[C@@]43C)[C@@H]1CC[C@@H]2O. The molecule has 122 valence electrons. The van der Waals surface area contributed by atoms with Gasteiger partial charge in [0.15, 0.2) is 0 Å². The van der Waals surface area contributed by atoms with Crippen molar-refractivity contribution >= 4 is 0 Å². The maximum absolute atomic E-state index is 11.0. The number of aliphatic hydroxyl groups is 3. The summed E-state index contributed by atoms with van der Waals surface area (Å²) in [5.41, 5.74) is 1.08. The first-order valence-corrected chi connectivity index (χ1v) is 8.82. The smallest absolute Gasteiger partial charge is 0.0925 e. The van der Waals surface area contributed by atoms with Crippen molar-refractivity contribution in [2.24, 2.45) is 28.6 Å². The Morgan fingerprint density at radius 1 is 1.18 bits per heavy atom. The van der Waals surface area contributed by atoms with E-state index in [-0.39, 0.29) is 29.0 Å². The van der Waals surface area contributed by atoms with Crippen LogP contribution >= 0.6 is 0 Å². The van der Waals surface area contributed by atoms with Crippen LogP contribution in [0.4, 0.5) is 0 Å². The van der Waals surface area contributed by atoms with Gasteiger partial charge in [0.25, 0.3) is 0 Å². The van der Waals surface area contributed by atoms with Gasteiger partial charge in [0.2, 0.25) is 0 Å². The Labute approximate surface area is 132 Å². The number of fused-ring (bicyclic) bond motifs is 5. The van der Waals surface area contributed by atoms with E-state index >= 15 is 0 Å². The van der Waals surface area contributed by atoms with Gasteiger partial charge in [0, 0.05) is 6.42 Å². The van der Waals surface area contributed by atoms with Crippen molar-refractivity contribution in [2.45, 2.75) is 64.6 Å². The average molecular weight is 304 g/mol. The number of hydrogen-bond donors (Lipinski definition) is 3. The van der Waals surface area contributed by atoms with E-state index in [1.165, 1.54) is 5.57 Å². The summed E-state index contributed by atoms with van der Waals surface area (Å²) in [6, 6.07) is 0. The standard InChI is InChI=1S/C19H28O3/c1-18-8-7-12(20)9-11(18)3-4-13-14-5-6-16(22)19(14,2)10-15(21)17(13)18/h3,9,13-17,20-22H,4-8,10H2,1-2H3/t13-,14-,15-,16-,17+,18-,19-/m0/s1. The number of rotatable bonds is 0. The van der Waals surface area contributed by atoms with Crippen LogP contribution < -0.4 is 0 Å². The van der Waals surface area contributed by atoms with Crippen LogP contribution in [-0.4, -0.2) is 27.5 Å². The fourth-order valence-corrected chi connectivity index (χ4v) is 6.42. The Balaban J connectivity index is 1.76. The van der Waals surface area contributed by atoms with Crippen molar-refractivity contribution in [1.82, 2.24) is 0 Å². The van der Waals surface area contributed by atoms with Crippen LogP contribution in [-0.2, 0) is 0 Å². The molecule has 2 saturated carbocycles. The summed E-state index contributed by atoms with van der Waals surface area (Å²) < 4.78 is 0. The number of allylic oxidation sites excluding steroid dienone is 4. The fraction of sp³-hybridized carbons (Fsp3) is 0.789. The van der Waals surface area contributed by atoms with Gasteiger partial charge in [-0.05, 0) is 72.3 Å². The minimum absolute atomic E-state index is 0.0244. The van der Waals surface area contributed by atoms with E-state index in [1.54, 1.807) is 0 Å². The van der Waals surface area contributed by atoms with E-state index in [4.69, 9.17) is 0 Å². The Hall–Kier alpha value is -0.800. The second-order valence-corrected chi connectivity index (χ2v) is 8.61. The van der Waals surface area contributed by atoms with Gasteiger partial charge in [-0.15, -0.1) is 0 Å². The second-order valence-electron chi connectivity index (χ2n) is 8.61. The molecule has 0 spiro atoms. The van der Waals surface area contributed by atoms with Crippen LogP contribution in [0.5, 0.6) is 0 Å². The molecular formula is C19H28O3. The molecule has 4 rings (SSSR count). The summed E-state index contributed by atoms with van der Waals surface area (Å²) in [7, 11) is 0. The topological polar surface area (TPSA) is 60.7 Å². The predicted molar refractivity (Wildman–Crippen MR) is 85.2 cm³/mol. The zero-order valence-corrected chi connectivity index (χ0v) is 13.6. The molecule has 0 radical (unpaired) electrons. The normalized spacial score (nSPS) is 53.9. The van der Waals surface area contributed by atoms with Crippen LogP contribution in [0.15, 0.2) is 23.5 Å². The summed E-state index contributed by atoms with van der Waals surface area (Å²) in [5, 5.41) is 31.3. The zero-order chi connectivity index (χ0) is 15.7. The van der Waals surface area contributed by atoms with E-state index in [1.807, 2.05) is 6.08 Å². The third kappa shape index (κ3) is 1.75. The van der Waals surface area contributed by atoms with Crippen molar-refractivity contribution in [2.75, 3.05) is 0 Å². The van der Waals surface area contributed by atoms with E-state index in [9.17, 15) is 15.3 Å². The van der Waals surface area contributed by atoms with Crippen LogP contribution in [0, 0.1) is 28.6 Å². The summed E-state index contributed by atoms with van der Waals surface area (Å²) in [6.07, 6.45) is 8.92. The molecular weight excluding hydrogens is 276 g/mol. The van der Waals surface area contributed by atoms with Gasteiger partial charge in [-0.25, -0.2) is 0 Å². The average Bonchev–Trinajstić information content (AvgIpc) is 2.75. The molecule has 4 aliphatic rings. The molecule has 0 aromatic heterocycles. The minimum Gasteiger partial charge on any atom is -0.512 e. The van der Waals surface area contributed by atoms with Gasteiger partial charge < -0.3 is 15.3 Å². The zero-order valence-electron chi connectivity index (χ0n) is 13.6. The molecule has 22 heavy (non-hydrogen) atoms. The highest BCUT2D eigenvalue weighted by Gasteiger charge is 2.61. The van der Waals surface area contributed by atoms with E-state index < -0.39 is 0 Å². The molecule has 0 unspecified atom stereocenters. The van der Waals surface area contributed by atoms with E-state index in [2.05, 4.69) is 19.9 Å². The molecule has 3 nitrogen and oxygen atoms in total. The molecule has 0 heterocycles. The first-order chi connectivity index (χ1) is 10.4. The second kappa shape index (κ2) is 4.61. The molecule has 0 aliphatic heterocycles. The molecule has 7 atom stereocenters. The van der Waals surface area contributed by atoms with Gasteiger partial charge >= 0.3 is 0 Å². The first-order valence-electron chi connectivity index (χ1n) is 8.82. The molecule has 4 aliphatic carbocycles. The first kappa shape index (κ1) is 14.8. The van der Waals surface area contributed by atoms with Gasteiger partial charge in [0.05, 0.1) is 18.0 Å². The fourth-order valence-electron chi connectivity index (χ4n) is 6.42. The lowest BCUT2D eigenvalue weighted by atomic mass is 9.48. The van der Waals surface area contributed by atoms with E-state index in [0.717, 1.165) is 32.1 Å². The quantitative estimate of drug-likeness (QED) is 0.643. The van der Waals surface area contributed by atoms with Gasteiger partial charge in [-0.1, -0.05) is 19.9 Å². The van der Waals surface area contributed by atoms with Gasteiger partial charge in [0.1, 0.15) is 0 Å². The number of aliphatic hydroxyl groups excluding tert-OH is 3. The molecule has 0 aromatic rings. The maximum atomic E-state index is 11.0. The van der Waals surface area contributed by atoms with Crippen molar-refractivity contribution in [1.29, 1.82) is 0 Å². The highest BCUT2D eigenvalue weighted by Crippen LogP contribution is 2.64. The molecule has 2 fully saturated rings. The van der Waals surface area contributed by atoms with Crippen LogP contribution in [0.1, 0.15) is 52.4 Å². The van der Waals surface area contributed by atoms with Crippen LogP contribution in [0.2, 0.25) is 0 Å². The van der Waals surface area contributed by atoms with Crippen molar-refractivity contribution in [3.05, 3.63) is 23.5 Å². The minimum atomic E-state index is -0.346. The predicted octanol–water partition coefficient (Wildman–Crippen LogP) is 3.33. The summed E-state index contributed by atoms with van der Waals surface area (Å²) in [5.74, 6) is 1.73. The Morgan fingerprint density at radius 3 is 2.73 bits per heavy atom. The van der Waals surface area contributed by atoms with Crippen LogP contribution in [0.3, 0.4) is 0 Å². The van der Waals surface area contributed by atoms with Gasteiger partial charge in [-0.2, -0.15) is 0 Å². The maximum Gasteiger partial charge on any atom is 0.0925 e. The van der Waals surface area contributed by atoms with Crippen molar-refractivity contribution in [3.63, 3.8) is 0 Å². The van der Waals surface area contributed by atoms with Crippen molar-refractivity contribution in [3.8, 4) is 0 Å². The third-order valence-corrected chi connectivity index (χ3v) is 7.63. The lowest BCUT2D eigenvalue weighted by Crippen LogP contribution is -2.56. The molecule has 0 amide bonds. The van der Waals surface area contributed by atoms with Crippen molar-refractivity contribution < 1.29 is 15.3 Å². The molecule has 0 aromatic carbocycles. The third-order valence-electron chi connectivity index (χ3n) is 7.63. The Bertz CT molecular complexity index is 551. The number of hydrogen-bond acceptors (Lipinski definition) is 3. The summed E-state index contributed by atoms with van der Waals surface area (Å²) in [6.45, 7) is 4.46. The highest BCUT2D eigenvalue weighted by molar-refractivity contribution is 5.36. The summed E-state index contributed by atoms with van der Waals surface area (Å²) in [4.78, 5) is 0. The Kier molecular flexibility index (Phi) is 3.09. The molecule has 0 bridgehead atoms. The monoisotopic (exact) mass is 304 g/mol. The summed E-state index contributed by atoms with van der Waals surface area (Å²) >= 11 is 0. The Morgan fingerprint density at radius 2 is 1.95 bits per heavy atom. The van der Waals surface area contributed by atoms with Gasteiger partial charge in [-0.3, -0.25) is 0 Å². The highest BCUT2D eigenvalue weighted by atomic mass is 16.3. The van der Waals surface area contributed by atoms with E-state index in [0.29, 0.717) is 24.0 Å². The molecule has 3 N–H and O–H groups in total. The largest absolute Gasteiger partial charge is 0.512 e. The molecule has 3 heteroatoms. The molecule has 0 saturated heterocycles. The lowest BCUT2D eigenvalue weighted by Gasteiger charge is -2.58.